The molecule has 1 aliphatic carbocycles. The van der Waals surface area contributed by atoms with Crippen LogP contribution in [0.15, 0.2) is 48.5 Å². The molecule has 1 saturated carbocycles. The summed E-state index contributed by atoms with van der Waals surface area (Å²) in [5.41, 5.74) is -0.896. The first kappa shape index (κ1) is 23.6. The van der Waals surface area contributed by atoms with E-state index in [2.05, 4.69) is 13.8 Å². The Kier molecular flexibility index (Phi) is 7.71. The summed E-state index contributed by atoms with van der Waals surface area (Å²) in [6.07, 6.45) is 0.602. The molecule has 0 N–H and O–H groups in total. The number of benzene rings is 2. The summed E-state index contributed by atoms with van der Waals surface area (Å²) in [4.78, 5) is 46.0. The molecule has 2 radical (unpaired) electrons. The molecular formula is C24H26O8. The second-order valence-corrected chi connectivity index (χ2v) is 7.52. The normalized spacial score (nSPS) is 22.6. The van der Waals surface area contributed by atoms with Gasteiger partial charge in [0.05, 0.1) is 14.2 Å². The Hall–Kier alpha value is -3.10. The molecule has 0 aliphatic heterocycles. The average Bonchev–Trinajstić information content (AvgIpc) is 2.83. The highest BCUT2D eigenvalue weighted by atomic mass is 17.2. The first-order valence-electron chi connectivity index (χ1n) is 10.1. The topological polar surface area (TPSA) is 89.5 Å². The summed E-state index contributed by atoms with van der Waals surface area (Å²) >= 11 is 0. The van der Waals surface area contributed by atoms with E-state index in [1.165, 1.54) is 14.2 Å². The van der Waals surface area contributed by atoms with E-state index < -0.39 is 23.6 Å². The molecule has 3 unspecified atom stereocenters. The van der Waals surface area contributed by atoms with Gasteiger partial charge in [-0.25, -0.2) is 9.59 Å². The van der Waals surface area contributed by atoms with Crippen LogP contribution in [-0.4, -0.2) is 37.9 Å². The molecule has 2 aromatic carbocycles. The van der Waals surface area contributed by atoms with Crippen LogP contribution in [0.4, 0.5) is 0 Å². The van der Waals surface area contributed by atoms with Gasteiger partial charge in [0, 0.05) is 0 Å². The molecule has 0 aromatic heterocycles. The molecule has 0 saturated heterocycles. The number of methoxy groups -OCH3 is 2. The molecule has 0 bridgehead atoms. The first-order valence-corrected chi connectivity index (χ1v) is 10.1. The zero-order valence-electron chi connectivity index (χ0n) is 18.1. The second-order valence-electron chi connectivity index (χ2n) is 7.52. The van der Waals surface area contributed by atoms with Crippen LogP contribution in [-0.2, 0) is 19.6 Å². The summed E-state index contributed by atoms with van der Waals surface area (Å²) in [5.74, 6) is -0.760. The molecule has 32 heavy (non-hydrogen) atoms. The summed E-state index contributed by atoms with van der Waals surface area (Å²) in [5, 5.41) is 0. The summed E-state index contributed by atoms with van der Waals surface area (Å²) in [6.45, 7) is 8.08. The van der Waals surface area contributed by atoms with Gasteiger partial charge in [-0.3, -0.25) is 9.78 Å². The van der Waals surface area contributed by atoms with E-state index in [-0.39, 0.29) is 17.0 Å². The van der Waals surface area contributed by atoms with Crippen molar-refractivity contribution in [2.45, 2.75) is 31.0 Å². The van der Waals surface area contributed by atoms with Crippen LogP contribution in [0.25, 0.3) is 0 Å². The molecule has 0 heterocycles. The zero-order valence-corrected chi connectivity index (χ0v) is 18.1. The van der Waals surface area contributed by atoms with Gasteiger partial charge >= 0.3 is 11.9 Å². The standard InChI is InChI=1S/C24H26O8/c1-16-13-14-24(2,32-31-23(26)18-10-6-8-12-20(18)28-4)21(15-16)29-30-22(25)17-9-5-7-11-19(17)27-3/h5-12,16,21H,1-2,13-15H2,3-4H3. The van der Waals surface area contributed by atoms with E-state index in [0.717, 1.165) is 0 Å². The molecule has 2 aromatic rings. The predicted molar refractivity (Wildman–Crippen MR) is 114 cm³/mol. The van der Waals surface area contributed by atoms with E-state index >= 15 is 0 Å². The minimum atomic E-state index is -1.30. The van der Waals surface area contributed by atoms with Crippen LogP contribution in [0.1, 0.15) is 40.0 Å². The highest BCUT2D eigenvalue weighted by Gasteiger charge is 2.45. The van der Waals surface area contributed by atoms with Crippen molar-refractivity contribution in [3.05, 3.63) is 73.5 Å². The van der Waals surface area contributed by atoms with Crippen molar-refractivity contribution < 1.29 is 38.6 Å². The maximum absolute atomic E-state index is 12.5. The van der Waals surface area contributed by atoms with Gasteiger partial charge in [-0.05, 0) is 56.4 Å². The van der Waals surface area contributed by atoms with Crippen molar-refractivity contribution in [1.82, 2.24) is 0 Å². The van der Waals surface area contributed by atoms with Crippen LogP contribution in [0.3, 0.4) is 0 Å². The fourth-order valence-corrected chi connectivity index (χ4v) is 3.41. The maximum Gasteiger partial charge on any atom is 0.376 e. The molecule has 0 spiro atoms. The fourth-order valence-electron chi connectivity index (χ4n) is 3.41. The first-order chi connectivity index (χ1) is 15.4. The average molecular weight is 442 g/mol. The van der Waals surface area contributed by atoms with Crippen molar-refractivity contribution in [2.75, 3.05) is 14.2 Å². The van der Waals surface area contributed by atoms with Crippen LogP contribution in [0, 0.1) is 19.8 Å². The van der Waals surface area contributed by atoms with Crippen molar-refractivity contribution in [3.8, 4) is 11.5 Å². The molecule has 8 nitrogen and oxygen atoms in total. The lowest BCUT2D eigenvalue weighted by Crippen LogP contribution is -2.49. The van der Waals surface area contributed by atoms with Crippen LogP contribution >= 0.6 is 0 Å². The monoisotopic (exact) mass is 442 g/mol. The van der Waals surface area contributed by atoms with E-state index in [1.807, 2.05) is 0 Å². The Labute approximate surface area is 187 Å². The van der Waals surface area contributed by atoms with Crippen LogP contribution in [0.5, 0.6) is 11.5 Å². The van der Waals surface area contributed by atoms with E-state index in [0.29, 0.717) is 30.8 Å². The zero-order chi connectivity index (χ0) is 23.1. The minimum absolute atomic E-state index is 0.0216. The van der Waals surface area contributed by atoms with Gasteiger partial charge in [0.1, 0.15) is 34.3 Å². The maximum atomic E-state index is 12.5. The quantitative estimate of drug-likeness (QED) is 0.445. The van der Waals surface area contributed by atoms with E-state index in [9.17, 15) is 9.59 Å². The van der Waals surface area contributed by atoms with Gasteiger partial charge in [0.25, 0.3) is 0 Å². The predicted octanol–water partition coefficient (Wildman–Crippen LogP) is 4.16. The van der Waals surface area contributed by atoms with Gasteiger partial charge in [-0.1, -0.05) is 31.2 Å². The van der Waals surface area contributed by atoms with Crippen LogP contribution < -0.4 is 9.47 Å². The van der Waals surface area contributed by atoms with Crippen molar-refractivity contribution in [2.24, 2.45) is 5.92 Å². The summed E-state index contributed by atoms with van der Waals surface area (Å²) in [6, 6.07) is 13.2. The number of carbonyl (C=O) groups excluding carboxylic acids is 2. The molecule has 3 rings (SSSR count). The Morgan fingerprint density at radius 2 is 1.44 bits per heavy atom. The van der Waals surface area contributed by atoms with Crippen molar-refractivity contribution in [1.29, 1.82) is 0 Å². The Balaban J connectivity index is 1.67. The highest BCUT2D eigenvalue weighted by molar-refractivity contribution is 5.92. The number of hydrogen-bond acceptors (Lipinski definition) is 8. The molecule has 8 heteroatoms. The highest BCUT2D eigenvalue weighted by Crippen LogP contribution is 2.37. The lowest BCUT2D eigenvalue weighted by atomic mass is 9.78. The largest absolute Gasteiger partial charge is 0.496 e. The van der Waals surface area contributed by atoms with Gasteiger partial charge in [0.2, 0.25) is 0 Å². The molecule has 1 aliphatic rings. The van der Waals surface area contributed by atoms with Crippen molar-refractivity contribution in [3.63, 3.8) is 0 Å². The van der Waals surface area contributed by atoms with Gasteiger partial charge in [-0.15, -0.1) is 0 Å². The Morgan fingerprint density at radius 1 is 0.906 bits per heavy atom. The molecule has 3 atom stereocenters. The second kappa shape index (κ2) is 10.5. The fraction of sp³-hybridized carbons (Fsp3) is 0.333. The van der Waals surface area contributed by atoms with Gasteiger partial charge in [0.15, 0.2) is 0 Å². The lowest BCUT2D eigenvalue weighted by molar-refractivity contribution is -0.380. The van der Waals surface area contributed by atoms with Crippen LogP contribution in [0.2, 0.25) is 0 Å². The molecule has 1 fully saturated rings. The SMILES string of the molecule is [CH2]C1CCC([CH2])(OOC(=O)c2ccccc2OC)C(OOC(=O)c2ccccc2OC)C1. The smallest absolute Gasteiger partial charge is 0.376 e. The number of para-hydroxylation sites is 2. The molecular weight excluding hydrogens is 416 g/mol. The minimum Gasteiger partial charge on any atom is -0.496 e. The molecule has 170 valence electrons. The number of hydrogen-bond donors (Lipinski definition) is 0. The number of carbonyl (C=O) groups is 2. The number of rotatable bonds is 8. The van der Waals surface area contributed by atoms with E-state index in [1.54, 1.807) is 48.5 Å². The summed E-state index contributed by atoms with van der Waals surface area (Å²) < 4.78 is 10.3. The third kappa shape index (κ3) is 5.38. The summed E-state index contributed by atoms with van der Waals surface area (Å²) in [7, 11) is 2.90. The van der Waals surface area contributed by atoms with Gasteiger partial charge < -0.3 is 9.47 Å². The Bertz CT molecular complexity index is 943. The van der Waals surface area contributed by atoms with Gasteiger partial charge in [-0.2, -0.15) is 9.78 Å². The Morgan fingerprint density at radius 3 is 2.00 bits per heavy atom. The molecule has 0 amide bonds. The third-order valence-corrected chi connectivity index (χ3v) is 5.29. The van der Waals surface area contributed by atoms with E-state index in [4.69, 9.17) is 29.0 Å². The van der Waals surface area contributed by atoms with Crippen molar-refractivity contribution >= 4 is 11.9 Å². The third-order valence-electron chi connectivity index (χ3n) is 5.29. The number of ether oxygens (including phenoxy) is 2. The lowest BCUT2D eigenvalue weighted by Gasteiger charge is -2.39.